The van der Waals surface area contributed by atoms with Crippen molar-refractivity contribution in [2.45, 2.75) is 39.8 Å². The molecule has 19 heavy (non-hydrogen) atoms. The van der Waals surface area contributed by atoms with Crippen LogP contribution in [0.4, 0.5) is 0 Å². The van der Waals surface area contributed by atoms with E-state index in [4.69, 9.17) is 0 Å². The molecule has 0 aliphatic carbocycles. The van der Waals surface area contributed by atoms with Gasteiger partial charge in [0.1, 0.15) is 0 Å². The molecule has 102 valence electrons. The highest BCUT2D eigenvalue weighted by Crippen LogP contribution is 2.17. The molecule has 0 saturated carbocycles. The Balaban J connectivity index is 2.08. The molecular weight excluding hydrogens is 232 g/mol. The summed E-state index contributed by atoms with van der Waals surface area (Å²) < 4.78 is 2.27. The summed E-state index contributed by atoms with van der Waals surface area (Å²) in [6.07, 6.45) is 5.57. The van der Waals surface area contributed by atoms with Crippen molar-refractivity contribution in [2.24, 2.45) is 0 Å². The first-order valence-electron chi connectivity index (χ1n) is 7.17. The first-order chi connectivity index (χ1) is 9.22. The molecule has 1 N–H and O–H groups in total. The van der Waals surface area contributed by atoms with E-state index < -0.39 is 0 Å². The third-order valence-corrected chi connectivity index (χ3v) is 3.48. The van der Waals surface area contributed by atoms with Crippen molar-refractivity contribution in [3.63, 3.8) is 0 Å². The first-order valence-corrected chi connectivity index (χ1v) is 7.17. The van der Waals surface area contributed by atoms with Crippen LogP contribution >= 0.6 is 0 Å². The Kier molecular flexibility index (Phi) is 4.80. The van der Waals surface area contributed by atoms with Gasteiger partial charge in [0.05, 0.1) is 0 Å². The summed E-state index contributed by atoms with van der Waals surface area (Å²) in [7, 11) is 0. The molecule has 2 nitrogen and oxygen atoms in total. The van der Waals surface area contributed by atoms with Gasteiger partial charge in [-0.15, -0.1) is 0 Å². The molecule has 0 aliphatic rings. The van der Waals surface area contributed by atoms with E-state index in [-0.39, 0.29) is 0 Å². The molecule has 1 aromatic carbocycles. The Morgan fingerprint density at radius 3 is 2.74 bits per heavy atom. The lowest BCUT2D eigenvalue weighted by Crippen LogP contribution is -2.19. The minimum Gasteiger partial charge on any atom is -0.350 e. The monoisotopic (exact) mass is 256 g/mol. The van der Waals surface area contributed by atoms with Crippen LogP contribution < -0.4 is 5.32 Å². The van der Waals surface area contributed by atoms with Crippen LogP contribution in [0.1, 0.15) is 43.0 Å². The van der Waals surface area contributed by atoms with E-state index in [1.54, 1.807) is 0 Å². The fourth-order valence-electron chi connectivity index (χ4n) is 2.53. The first kappa shape index (κ1) is 13.9. The maximum atomic E-state index is 3.52. The van der Waals surface area contributed by atoms with E-state index in [2.05, 4.69) is 73.4 Å². The van der Waals surface area contributed by atoms with Gasteiger partial charge in [-0.1, -0.05) is 43.7 Å². The van der Waals surface area contributed by atoms with Gasteiger partial charge >= 0.3 is 0 Å². The normalized spacial score (nSPS) is 12.6. The van der Waals surface area contributed by atoms with Crippen LogP contribution in [0.3, 0.4) is 0 Å². The van der Waals surface area contributed by atoms with Crippen LogP contribution in [0.2, 0.25) is 0 Å². The number of hydrogen-bond donors (Lipinski definition) is 1. The summed E-state index contributed by atoms with van der Waals surface area (Å²) in [6, 6.07) is 11.4. The second kappa shape index (κ2) is 6.58. The van der Waals surface area contributed by atoms with Gasteiger partial charge in [0, 0.05) is 25.0 Å². The molecular formula is C17H24N2. The molecule has 1 unspecified atom stereocenters. The maximum Gasteiger partial charge on any atom is 0.0470 e. The molecule has 0 amide bonds. The molecule has 1 atom stereocenters. The van der Waals surface area contributed by atoms with Gasteiger partial charge in [-0.25, -0.2) is 0 Å². The predicted molar refractivity (Wildman–Crippen MR) is 81.4 cm³/mol. The number of aromatic nitrogens is 1. The minimum absolute atomic E-state index is 0.476. The summed E-state index contributed by atoms with van der Waals surface area (Å²) in [5, 5.41) is 3.52. The number of rotatable bonds is 6. The molecule has 0 saturated heterocycles. The smallest absolute Gasteiger partial charge is 0.0470 e. The van der Waals surface area contributed by atoms with E-state index in [0.29, 0.717) is 6.04 Å². The quantitative estimate of drug-likeness (QED) is 0.829. The summed E-state index contributed by atoms with van der Waals surface area (Å²) in [4.78, 5) is 0. The van der Waals surface area contributed by atoms with Gasteiger partial charge in [-0.2, -0.15) is 0 Å². The summed E-state index contributed by atoms with van der Waals surface area (Å²) in [6.45, 7) is 8.49. The van der Waals surface area contributed by atoms with Gasteiger partial charge in [-0.3, -0.25) is 0 Å². The Bertz CT molecular complexity index is 513. The number of aryl methyl sites for hydroxylation is 1. The van der Waals surface area contributed by atoms with Gasteiger partial charge < -0.3 is 9.88 Å². The lowest BCUT2D eigenvalue weighted by atomic mass is 10.1. The van der Waals surface area contributed by atoms with Crippen LogP contribution in [0.15, 0.2) is 42.7 Å². The summed E-state index contributed by atoms with van der Waals surface area (Å²) >= 11 is 0. The zero-order chi connectivity index (χ0) is 13.7. The average Bonchev–Trinajstić information content (AvgIpc) is 2.84. The topological polar surface area (TPSA) is 17.0 Å². The predicted octanol–water partition coefficient (Wildman–Crippen LogP) is 3.91. The van der Waals surface area contributed by atoms with Crippen LogP contribution in [-0.4, -0.2) is 11.1 Å². The van der Waals surface area contributed by atoms with Crippen LogP contribution in [0.5, 0.6) is 0 Å². The van der Waals surface area contributed by atoms with Crippen molar-refractivity contribution < 1.29 is 0 Å². The van der Waals surface area contributed by atoms with E-state index in [1.807, 2.05) is 0 Å². The van der Waals surface area contributed by atoms with E-state index in [1.165, 1.54) is 16.7 Å². The van der Waals surface area contributed by atoms with Gasteiger partial charge in [0.2, 0.25) is 0 Å². The highest BCUT2D eigenvalue weighted by molar-refractivity contribution is 5.23. The van der Waals surface area contributed by atoms with Crippen molar-refractivity contribution in [1.29, 1.82) is 0 Å². The molecule has 2 heteroatoms. The summed E-state index contributed by atoms with van der Waals surface area (Å²) in [5.41, 5.74) is 4.07. The minimum atomic E-state index is 0.476. The Hall–Kier alpha value is -1.54. The highest BCUT2D eigenvalue weighted by Gasteiger charge is 2.08. The van der Waals surface area contributed by atoms with Crippen LogP contribution in [0, 0.1) is 6.92 Å². The van der Waals surface area contributed by atoms with Crippen molar-refractivity contribution in [2.75, 3.05) is 6.54 Å². The zero-order valence-electron chi connectivity index (χ0n) is 12.2. The van der Waals surface area contributed by atoms with E-state index in [0.717, 1.165) is 19.5 Å². The van der Waals surface area contributed by atoms with Crippen molar-refractivity contribution in [3.05, 3.63) is 59.4 Å². The van der Waals surface area contributed by atoms with Crippen LogP contribution in [0.25, 0.3) is 0 Å². The van der Waals surface area contributed by atoms with E-state index >= 15 is 0 Å². The zero-order valence-corrected chi connectivity index (χ0v) is 12.2. The molecule has 0 aliphatic heterocycles. The number of benzene rings is 1. The van der Waals surface area contributed by atoms with Crippen LogP contribution in [-0.2, 0) is 6.54 Å². The fourth-order valence-corrected chi connectivity index (χ4v) is 2.53. The van der Waals surface area contributed by atoms with Gasteiger partial charge in [-0.05, 0) is 37.1 Å². The molecule has 2 aromatic rings. The SMILES string of the molecule is CCNC(CC)c1ccn(Cc2cccc(C)c2)c1. The largest absolute Gasteiger partial charge is 0.350 e. The molecule has 1 heterocycles. The molecule has 0 bridgehead atoms. The maximum absolute atomic E-state index is 3.52. The lowest BCUT2D eigenvalue weighted by Gasteiger charge is -2.14. The third-order valence-electron chi connectivity index (χ3n) is 3.48. The lowest BCUT2D eigenvalue weighted by molar-refractivity contribution is 0.536. The Labute approximate surface area is 116 Å². The second-order valence-electron chi connectivity index (χ2n) is 5.12. The molecule has 1 aromatic heterocycles. The van der Waals surface area contributed by atoms with Gasteiger partial charge in [0.15, 0.2) is 0 Å². The second-order valence-corrected chi connectivity index (χ2v) is 5.12. The number of nitrogens with one attached hydrogen (secondary N) is 1. The van der Waals surface area contributed by atoms with Crippen molar-refractivity contribution in [3.8, 4) is 0 Å². The molecule has 0 spiro atoms. The standard InChI is InChI=1S/C17H24N2/c1-4-17(18-5-2)16-9-10-19(13-16)12-15-8-6-7-14(3)11-15/h6-11,13,17-18H,4-5,12H2,1-3H3. The Morgan fingerprint density at radius 1 is 1.21 bits per heavy atom. The number of hydrogen-bond acceptors (Lipinski definition) is 1. The highest BCUT2D eigenvalue weighted by atomic mass is 15.0. The van der Waals surface area contributed by atoms with E-state index in [9.17, 15) is 0 Å². The number of nitrogens with zero attached hydrogens (tertiary/aromatic N) is 1. The third kappa shape index (κ3) is 3.71. The average molecular weight is 256 g/mol. The Morgan fingerprint density at radius 2 is 2.05 bits per heavy atom. The molecule has 0 fully saturated rings. The fraction of sp³-hybridized carbons (Fsp3) is 0.412. The van der Waals surface area contributed by atoms with Crippen molar-refractivity contribution >= 4 is 0 Å². The summed E-state index contributed by atoms with van der Waals surface area (Å²) in [5.74, 6) is 0. The molecule has 2 rings (SSSR count). The van der Waals surface area contributed by atoms with Crippen molar-refractivity contribution in [1.82, 2.24) is 9.88 Å². The van der Waals surface area contributed by atoms with Gasteiger partial charge in [0.25, 0.3) is 0 Å². The molecule has 0 radical (unpaired) electrons.